The number of hydrogen-bond acceptors (Lipinski definition) is 3. The number of aliphatic imine (C=N–C) groups is 1. The summed E-state index contributed by atoms with van der Waals surface area (Å²) >= 11 is 0. The van der Waals surface area contributed by atoms with Gasteiger partial charge in [-0.05, 0) is 6.07 Å². The van der Waals surface area contributed by atoms with Gasteiger partial charge in [-0.3, -0.25) is 9.78 Å². The van der Waals surface area contributed by atoms with E-state index in [1.54, 1.807) is 0 Å². The van der Waals surface area contributed by atoms with Crippen molar-refractivity contribution < 1.29 is 4.79 Å². The van der Waals surface area contributed by atoms with Crippen LogP contribution in [-0.2, 0) is 0 Å². The van der Waals surface area contributed by atoms with Crippen molar-refractivity contribution in [2.75, 3.05) is 0 Å². The first-order valence-electron chi connectivity index (χ1n) is 3.44. The first kappa shape index (κ1) is 8.98. The van der Waals surface area contributed by atoms with Crippen LogP contribution in [0.4, 0.5) is 5.69 Å². The SMILES string of the molecule is NC(=O)c1ccncc1N=C(N)N. The highest BCUT2D eigenvalue weighted by atomic mass is 16.1. The molecule has 6 nitrogen and oxygen atoms in total. The Kier molecular flexibility index (Phi) is 2.44. The van der Waals surface area contributed by atoms with Crippen LogP contribution in [0.15, 0.2) is 23.5 Å². The van der Waals surface area contributed by atoms with Gasteiger partial charge in [0.05, 0.1) is 17.4 Å². The summed E-state index contributed by atoms with van der Waals surface area (Å²) < 4.78 is 0. The molecular formula is C7H9N5O. The zero-order valence-electron chi connectivity index (χ0n) is 6.77. The summed E-state index contributed by atoms with van der Waals surface area (Å²) in [6.45, 7) is 0. The van der Waals surface area contributed by atoms with Crippen molar-refractivity contribution in [3.8, 4) is 0 Å². The van der Waals surface area contributed by atoms with Gasteiger partial charge in [0.2, 0.25) is 0 Å². The molecule has 0 aliphatic heterocycles. The first-order chi connectivity index (χ1) is 6.11. The molecule has 0 aliphatic carbocycles. The van der Waals surface area contributed by atoms with Crippen LogP contribution in [0, 0.1) is 0 Å². The molecule has 0 saturated heterocycles. The van der Waals surface area contributed by atoms with E-state index in [2.05, 4.69) is 9.98 Å². The second-order valence-corrected chi connectivity index (χ2v) is 2.29. The van der Waals surface area contributed by atoms with E-state index in [9.17, 15) is 4.79 Å². The number of aromatic nitrogens is 1. The van der Waals surface area contributed by atoms with E-state index in [4.69, 9.17) is 17.2 Å². The fraction of sp³-hybridized carbons (Fsp3) is 0. The van der Waals surface area contributed by atoms with Gasteiger partial charge >= 0.3 is 0 Å². The second-order valence-electron chi connectivity index (χ2n) is 2.29. The van der Waals surface area contributed by atoms with Crippen molar-refractivity contribution >= 4 is 17.6 Å². The Morgan fingerprint density at radius 1 is 1.38 bits per heavy atom. The number of carbonyl (C=O) groups is 1. The lowest BCUT2D eigenvalue weighted by Gasteiger charge is -1.99. The smallest absolute Gasteiger partial charge is 0.251 e. The standard InChI is InChI=1S/C7H9N5O/c8-6(13)4-1-2-11-3-5(4)12-7(9)10/h1-3H,(H2,8,13)(H4,9,10,12). The quantitative estimate of drug-likeness (QED) is 0.401. The fourth-order valence-electron chi connectivity index (χ4n) is 0.823. The van der Waals surface area contributed by atoms with Gasteiger partial charge < -0.3 is 17.2 Å². The maximum atomic E-state index is 10.8. The minimum Gasteiger partial charge on any atom is -0.370 e. The summed E-state index contributed by atoms with van der Waals surface area (Å²) in [5.74, 6) is -0.738. The molecule has 0 fully saturated rings. The van der Waals surface area contributed by atoms with Gasteiger partial charge in [0.25, 0.3) is 5.91 Å². The summed E-state index contributed by atoms with van der Waals surface area (Å²) in [5.41, 5.74) is 15.9. The van der Waals surface area contributed by atoms with Gasteiger partial charge in [-0.2, -0.15) is 0 Å². The second kappa shape index (κ2) is 3.53. The molecule has 6 N–H and O–H groups in total. The Hall–Kier alpha value is -2.11. The monoisotopic (exact) mass is 179 g/mol. The molecule has 0 saturated carbocycles. The van der Waals surface area contributed by atoms with Crippen molar-refractivity contribution in [3.05, 3.63) is 24.0 Å². The molecule has 1 aromatic heterocycles. The van der Waals surface area contributed by atoms with Crippen molar-refractivity contribution in [1.29, 1.82) is 0 Å². The number of pyridine rings is 1. The van der Waals surface area contributed by atoms with E-state index in [0.717, 1.165) is 0 Å². The van der Waals surface area contributed by atoms with Gasteiger partial charge in [-0.15, -0.1) is 0 Å². The molecule has 0 aromatic carbocycles. The Labute approximate surface area is 74.5 Å². The van der Waals surface area contributed by atoms with Crippen LogP contribution in [0.5, 0.6) is 0 Å². The third kappa shape index (κ3) is 2.16. The maximum absolute atomic E-state index is 10.8. The average molecular weight is 179 g/mol. The van der Waals surface area contributed by atoms with E-state index >= 15 is 0 Å². The Morgan fingerprint density at radius 2 is 2.08 bits per heavy atom. The maximum Gasteiger partial charge on any atom is 0.251 e. The normalized spacial score (nSPS) is 9.23. The number of carbonyl (C=O) groups excluding carboxylic acids is 1. The molecule has 68 valence electrons. The molecule has 0 spiro atoms. The third-order valence-corrected chi connectivity index (χ3v) is 1.32. The van der Waals surface area contributed by atoms with E-state index in [0.29, 0.717) is 0 Å². The minimum atomic E-state index is -0.595. The summed E-state index contributed by atoms with van der Waals surface area (Å²) in [4.78, 5) is 18.3. The third-order valence-electron chi connectivity index (χ3n) is 1.32. The summed E-state index contributed by atoms with van der Waals surface area (Å²) in [7, 11) is 0. The Morgan fingerprint density at radius 3 is 2.62 bits per heavy atom. The lowest BCUT2D eigenvalue weighted by atomic mass is 10.2. The van der Waals surface area contributed by atoms with Crippen LogP contribution in [0.2, 0.25) is 0 Å². The van der Waals surface area contributed by atoms with Crippen LogP contribution in [0.3, 0.4) is 0 Å². The van der Waals surface area contributed by atoms with Crippen LogP contribution in [0.1, 0.15) is 10.4 Å². The number of guanidine groups is 1. The number of nitrogens with two attached hydrogens (primary N) is 3. The van der Waals surface area contributed by atoms with Gasteiger partial charge in [-0.25, -0.2) is 4.99 Å². The van der Waals surface area contributed by atoms with Crippen molar-refractivity contribution in [1.82, 2.24) is 4.98 Å². The molecule has 13 heavy (non-hydrogen) atoms. The highest BCUT2D eigenvalue weighted by Crippen LogP contribution is 2.15. The molecular weight excluding hydrogens is 170 g/mol. The average Bonchev–Trinajstić information content (AvgIpc) is 2.03. The minimum absolute atomic E-state index is 0.143. The topological polar surface area (TPSA) is 120 Å². The predicted octanol–water partition coefficient (Wildman–Crippen LogP) is -0.915. The number of rotatable bonds is 2. The largest absolute Gasteiger partial charge is 0.370 e. The fourth-order valence-corrected chi connectivity index (χ4v) is 0.823. The number of nitrogens with zero attached hydrogens (tertiary/aromatic N) is 2. The highest BCUT2D eigenvalue weighted by molar-refractivity contribution is 5.98. The molecule has 1 aromatic rings. The van der Waals surface area contributed by atoms with Crippen LogP contribution in [0.25, 0.3) is 0 Å². The van der Waals surface area contributed by atoms with E-state index < -0.39 is 5.91 Å². The summed E-state index contributed by atoms with van der Waals surface area (Å²) in [5, 5.41) is 0. The zero-order chi connectivity index (χ0) is 9.84. The molecule has 0 bridgehead atoms. The van der Waals surface area contributed by atoms with Crippen LogP contribution < -0.4 is 17.2 Å². The number of hydrogen-bond donors (Lipinski definition) is 3. The highest BCUT2D eigenvalue weighted by Gasteiger charge is 2.06. The molecule has 0 atom stereocenters. The molecule has 0 radical (unpaired) electrons. The van der Waals surface area contributed by atoms with E-state index in [-0.39, 0.29) is 17.2 Å². The van der Waals surface area contributed by atoms with E-state index in [1.807, 2.05) is 0 Å². The van der Waals surface area contributed by atoms with Crippen molar-refractivity contribution in [2.24, 2.45) is 22.2 Å². The lowest BCUT2D eigenvalue weighted by Crippen LogP contribution is -2.22. The Balaban J connectivity index is 3.20. The van der Waals surface area contributed by atoms with Crippen LogP contribution >= 0.6 is 0 Å². The van der Waals surface area contributed by atoms with Crippen LogP contribution in [-0.4, -0.2) is 16.9 Å². The molecule has 0 aliphatic rings. The molecule has 0 unspecified atom stereocenters. The van der Waals surface area contributed by atoms with Gasteiger partial charge in [0.15, 0.2) is 5.96 Å². The molecule has 1 heterocycles. The lowest BCUT2D eigenvalue weighted by molar-refractivity contribution is 0.100. The summed E-state index contributed by atoms with van der Waals surface area (Å²) in [6.07, 6.45) is 2.80. The van der Waals surface area contributed by atoms with Gasteiger partial charge in [-0.1, -0.05) is 0 Å². The first-order valence-corrected chi connectivity index (χ1v) is 3.44. The van der Waals surface area contributed by atoms with Gasteiger partial charge in [0, 0.05) is 6.20 Å². The van der Waals surface area contributed by atoms with Crippen molar-refractivity contribution in [2.45, 2.75) is 0 Å². The zero-order valence-corrected chi connectivity index (χ0v) is 6.77. The molecule has 6 heteroatoms. The molecule has 1 amide bonds. The number of primary amides is 1. The molecule has 1 rings (SSSR count). The summed E-state index contributed by atoms with van der Waals surface area (Å²) in [6, 6.07) is 1.45. The van der Waals surface area contributed by atoms with E-state index in [1.165, 1.54) is 18.5 Å². The Bertz CT molecular complexity index is 356. The number of amides is 1. The predicted molar refractivity (Wildman–Crippen MR) is 48.2 cm³/mol. The van der Waals surface area contributed by atoms with Gasteiger partial charge in [0.1, 0.15) is 0 Å². The van der Waals surface area contributed by atoms with Crippen molar-refractivity contribution in [3.63, 3.8) is 0 Å².